The first kappa shape index (κ1) is 14.4. The summed E-state index contributed by atoms with van der Waals surface area (Å²) in [6.45, 7) is 6.73. The monoisotopic (exact) mass is 288 g/mol. The van der Waals surface area contributed by atoms with Gasteiger partial charge in [-0.25, -0.2) is 0 Å². The Kier molecular flexibility index (Phi) is 3.89. The Labute approximate surface area is 126 Å². The number of carbonyl (C=O) groups excluding carboxylic acids is 1. The van der Waals surface area contributed by atoms with Crippen LogP contribution in [0.2, 0.25) is 0 Å². The van der Waals surface area contributed by atoms with Gasteiger partial charge >= 0.3 is 0 Å². The van der Waals surface area contributed by atoms with Crippen LogP contribution in [0.1, 0.15) is 31.7 Å². The van der Waals surface area contributed by atoms with Crippen LogP contribution >= 0.6 is 0 Å². The van der Waals surface area contributed by atoms with Gasteiger partial charge in [-0.15, -0.1) is 0 Å². The lowest BCUT2D eigenvalue weighted by atomic mass is 9.91. The Morgan fingerprint density at radius 1 is 1.43 bits per heavy atom. The van der Waals surface area contributed by atoms with E-state index in [9.17, 15) is 4.79 Å². The van der Waals surface area contributed by atoms with Gasteiger partial charge < -0.3 is 15.4 Å². The second-order valence-electron chi connectivity index (χ2n) is 6.27. The average Bonchev–Trinajstić information content (AvgIpc) is 3.16. The lowest BCUT2D eigenvalue weighted by molar-refractivity contribution is -0.118. The molecule has 0 aromatic heterocycles. The van der Waals surface area contributed by atoms with Crippen molar-refractivity contribution >= 4 is 11.6 Å². The van der Waals surface area contributed by atoms with Crippen LogP contribution in [0, 0.1) is 18.3 Å². The third-order valence-corrected chi connectivity index (χ3v) is 4.87. The van der Waals surface area contributed by atoms with Gasteiger partial charge in [-0.3, -0.25) is 4.79 Å². The first-order valence-corrected chi connectivity index (χ1v) is 7.90. The van der Waals surface area contributed by atoms with E-state index in [1.165, 1.54) is 0 Å². The number of anilines is 1. The molecule has 0 bridgehead atoms. The smallest absolute Gasteiger partial charge is 0.228 e. The van der Waals surface area contributed by atoms with Crippen LogP contribution in [0.5, 0.6) is 5.75 Å². The lowest BCUT2D eigenvalue weighted by Crippen LogP contribution is -2.31. The molecule has 1 heterocycles. The molecule has 4 nitrogen and oxygen atoms in total. The zero-order valence-electron chi connectivity index (χ0n) is 12.9. The van der Waals surface area contributed by atoms with Crippen molar-refractivity contribution < 1.29 is 9.53 Å². The summed E-state index contributed by atoms with van der Waals surface area (Å²) in [5, 5.41) is 6.47. The van der Waals surface area contributed by atoms with Gasteiger partial charge in [0, 0.05) is 11.6 Å². The Hall–Kier alpha value is -1.55. The molecule has 4 heteroatoms. The van der Waals surface area contributed by atoms with E-state index in [4.69, 9.17) is 4.74 Å². The number of ether oxygens (including phenoxy) is 1. The van der Waals surface area contributed by atoms with E-state index in [0.29, 0.717) is 6.61 Å². The summed E-state index contributed by atoms with van der Waals surface area (Å²) in [7, 11) is 0. The first-order valence-electron chi connectivity index (χ1n) is 7.90. The van der Waals surface area contributed by atoms with Gasteiger partial charge in [-0.2, -0.15) is 0 Å². The summed E-state index contributed by atoms with van der Waals surface area (Å²) in [4.78, 5) is 12.4. The molecule has 1 aliphatic carbocycles. The van der Waals surface area contributed by atoms with E-state index >= 15 is 0 Å². The Morgan fingerprint density at radius 2 is 2.19 bits per heavy atom. The van der Waals surface area contributed by atoms with E-state index in [-0.39, 0.29) is 17.2 Å². The number of rotatable bonds is 4. The van der Waals surface area contributed by atoms with E-state index < -0.39 is 0 Å². The standard InChI is InChI=1S/C17H24N2O2/c1-3-21-13-4-5-15(12(2)10-13)19-16(20)14-11-17(14)6-8-18-9-7-17/h4-5,10,14,18H,3,6-9,11H2,1-2H3,(H,19,20). The van der Waals surface area contributed by atoms with Gasteiger partial charge in [0.1, 0.15) is 5.75 Å². The van der Waals surface area contributed by atoms with Gasteiger partial charge in [-0.1, -0.05) is 0 Å². The molecule has 1 amide bonds. The Bertz CT molecular complexity index is 536. The largest absolute Gasteiger partial charge is 0.494 e. The molecule has 2 N–H and O–H groups in total. The number of piperidine rings is 1. The molecule has 2 fully saturated rings. The Morgan fingerprint density at radius 3 is 2.86 bits per heavy atom. The van der Waals surface area contributed by atoms with Crippen molar-refractivity contribution in [3.8, 4) is 5.75 Å². The molecular weight excluding hydrogens is 264 g/mol. The number of carbonyl (C=O) groups is 1. The minimum absolute atomic E-state index is 0.184. The third kappa shape index (κ3) is 2.91. The zero-order valence-corrected chi connectivity index (χ0v) is 12.9. The highest BCUT2D eigenvalue weighted by Crippen LogP contribution is 2.58. The van der Waals surface area contributed by atoms with Crippen LogP contribution in [-0.2, 0) is 4.79 Å². The van der Waals surface area contributed by atoms with Gasteiger partial charge in [0.25, 0.3) is 0 Å². The van der Waals surface area contributed by atoms with Crippen LogP contribution in [0.4, 0.5) is 5.69 Å². The van der Waals surface area contributed by atoms with E-state index in [1.807, 2.05) is 32.0 Å². The molecule has 1 saturated carbocycles. The number of nitrogens with one attached hydrogen (secondary N) is 2. The van der Waals surface area contributed by atoms with Gasteiger partial charge in [0.05, 0.1) is 6.61 Å². The first-order chi connectivity index (χ1) is 10.1. The van der Waals surface area contributed by atoms with Crippen LogP contribution in [-0.4, -0.2) is 25.6 Å². The molecule has 1 atom stereocenters. The molecule has 1 spiro atoms. The van der Waals surface area contributed by atoms with Crippen LogP contribution in [0.15, 0.2) is 18.2 Å². The summed E-state index contributed by atoms with van der Waals surface area (Å²) in [6.07, 6.45) is 3.32. The van der Waals surface area contributed by atoms with Crippen molar-refractivity contribution in [1.29, 1.82) is 0 Å². The maximum absolute atomic E-state index is 12.4. The number of aryl methyl sites for hydroxylation is 1. The molecule has 1 unspecified atom stereocenters. The van der Waals surface area contributed by atoms with Crippen molar-refractivity contribution in [3.63, 3.8) is 0 Å². The van der Waals surface area contributed by atoms with E-state index in [2.05, 4.69) is 10.6 Å². The minimum Gasteiger partial charge on any atom is -0.494 e. The predicted molar refractivity (Wildman–Crippen MR) is 83.6 cm³/mol. The van der Waals surface area contributed by atoms with Crippen LogP contribution < -0.4 is 15.4 Å². The SMILES string of the molecule is CCOc1ccc(NC(=O)C2CC23CCNCC3)c(C)c1. The molecular formula is C17H24N2O2. The highest BCUT2D eigenvalue weighted by atomic mass is 16.5. The quantitative estimate of drug-likeness (QED) is 0.895. The molecule has 1 aliphatic heterocycles. The highest BCUT2D eigenvalue weighted by molar-refractivity contribution is 5.95. The predicted octanol–water partition coefficient (Wildman–Crippen LogP) is 2.72. The summed E-state index contributed by atoms with van der Waals surface area (Å²) in [5.41, 5.74) is 2.24. The molecule has 0 radical (unpaired) electrons. The lowest BCUT2D eigenvalue weighted by Gasteiger charge is -2.23. The van der Waals surface area contributed by atoms with Crippen LogP contribution in [0.3, 0.4) is 0 Å². The second kappa shape index (κ2) is 5.68. The van der Waals surface area contributed by atoms with Gasteiger partial charge in [0.15, 0.2) is 0 Å². The maximum atomic E-state index is 12.4. The third-order valence-electron chi connectivity index (χ3n) is 4.87. The fourth-order valence-corrected chi connectivity index (χ4v) is 3.45. The number of amides is 1. The number of hydrogen-bond acceptors (Lipinski definition) is 3. The molecule has 3 rings (SSSR count). The minimum atomic E-state index is 0.184. The topological polar surface area (TPSA) is 50.4 Å². The summed E-state index contributed by atoms with van der Waals surface area (Å²) in [6, 6.07) is 5.83. The Balaban J connectivity index is 1.63. The van der Waals surface area contributed by atoms with Crippen molar-refractivity contribution in [3.05, 3.63) is 23.8 Å². The second-order valence-corrected chi connectivity index (χ2v) is 6.27. The van der Waals surface area contributed by atoms with Gasteiger partial charge in [-0.05, 0) is 75.4 Å². The summed E-state index contributed by atoms with van der Waals surface area (Å²) < 4.78 is 5.48. The highest BCUT2D eigenvalue weighted by Gasteiger charge is 2.57. The summed E-state index contributed by atoms with van der Waals surface area (Å²) >= 11 is 0. The van der Waals surface area contributed by atoms with Gasteiger partial charge in [0.2, 0.25) is 5.91 Å². The van der Waals surface area contributed by atoms with Crippen LogP contribution in [0.25, 0.3) is 0 Å². The molecule has 1 saturated heterocycles. The van der Waals surface area contributed by atoms with Crippen molar-refractivity contribution in [1.82, 2.24) is 5.32 Å². The molecule has 21 heavy (non-hydrogen) atoms. The number of benzene rings is 1. The number of hydrogen-bond donors (Lipinski definition) is 2. The van der Waals surface area contributed by atoms with Crippen molar-refractivity contribution in [2.24, 2.45) is 11.3 Å². The average molecular weight is 288 g/mol. The van der Waals surface area contributed by atoms with Crippen molar-refractivity contribution in [2.75, 3.05) is 25.0 Å². The summed E-state index contributed by atoms with van der Waals surface area (Å²) in [5.74, 6) is 1.24. The van der Waals surface area contributed by atoms with E-state index in [0.717, 1.165) is 49.4 Å². The van der Waals surface area contributed by atoms with E-state index in [1.54, 1.807) is 0 Å². The fourth-order valence-electron chi connectivity index (χ4n) is 3.45. The molecule has 114 valence electrons. The maximum Gasteiger partial charge on any atom is 0.228 e. The molecule has 2 aliphatic rings. The molecule has 1 aromatic rings. The molecule has 1 aromatic carbocycles. The van der Waals surface area contributed by atoms with Crippen molar-refractivity contribution in [2.45, 2.75) is 33.1 Å². The fraction of sp³-hybridized carbons (Fsp3) is 0.588. The zero-order chi connectivity index (χ0) is 14.9. The normalized spacial score (nSPS) is 22.9.